The lowest BCUT2D eigenvalue weighted by Gasteiger charge is -2.15. The Hall–Kier alpha value is -2.18. The number of nitrogens with one attached hydrogen (secondary N) is 1. The van der Waals surface area contributed by atoms with Gasteiger partial charge in [-0.3, -0.25) is 0 Å². The Morgan fingerprint density at radius 2 is 1.66 bits per heavy atom. The first-order chi connectivity index (χ1) is 14.2. The molecular weight excluding hydrogens is 406 g/mol. The number of hydrogen-bond acceptors (Lipinski definition) is 5. The van der Waals surface area contributed by atoms with Crippen LogP contribution in [0.5, 0.6) is 11.5 Å². The number of para-hydroxylation sites is 1. The Morgan fingerprint density at radius 3 is 2.41 bits per heavy atom. The van der Waals surface area contributed by atoms with Crippen molar-refractivity contribution in [2.75, 3.05) is 20.3 Å². The minimum absolute atomic E-state index is 0.215. The SMILES string of the molecule is COc1ccccc1Sc1ccccc1CNCC(O)COc1ccc(Cl)cc1. The monoisotopic (exact) mass is 429 g/mol. The fraction of sp³-hybridized carbons (Fsp3) is 0.217. The molecule has 0 aromatic heterocycles. The second-order valence-corrected chi connectivity index (χ2v) is 7.93. The van der Waals surface area contributed by atoms with Crippen molar-refractivity contribution in [2.45, 2.75) is 22.4 Å². The number of rotatable bonds is 10. The summed E-state index contributed by atoms with van der Waals surface area (Å²) in [6.07, 6.45) is -0.611. The number of aliphatic hydroxyl groups is 1. The van der Waals surface area contributed by atoms with Gasteiger partial charge in [-0.25, -0.2) is 0 Å². The summed E-state index contributed by atoms with van der Waals surface area (Å²) < 4.78 is 11.0. The van der Waals surface area contributed by atoms with E-state index in [1.807, 2.05) is 36.4 Å². The second-order valence-electron chi connectivity index (χ2n) is 6.41. The third-order valence-corrected chi connectivity index (χ3v) is 5.64. The highest BCUT2D eigenvalue weighted by atomic mass is 35.5. The predicted molar refractivity (Wildman–Crippen MR) is 118 cm³/mol. The van der Waals surface area contributed by atoms with Crippen LogP contribution in [0.25, 0.3) is 0 Å². The molecule has 0 bridgehead atoms. The van der Waals surface area contributed by atoms with Crippen molar-refractivity contribution in [1.82, 2.24) is 5.32 Å². The van der Waals surface area contributed by atoms with E-state index in [0.717, 1.165) is 21.1 Å². The van der Waals surface area contributed by atoms with Crippen molar-refractivity contribution in [3.63, 3.8) is 0 Å². The molecule has 1 unspecified atom stereocenters. The van der Waals surface area contributed by atoms with Crippen LogP contribution in [-0.4, -0.2) is 31.5 Å². The van der Waals surface area contributed by atoms with E-state index in [2.05, 4.69) is 17.4 Å². The van der Waals surface area contributed by atoms with E-state index in [4.69, 9.17) is 21.1 Å². The molecule has 29 heavy (non-hydrogen) atoms. The van der Waals surface area contributed by atoms with E-state index in [1.54, 1.807) is 43.1 Å². The summed E-state index contributed by atoms with van der Waals surface area (Å²) in [5.74, 6) is 1.54. The van der Waals surface area contributed by atoms with Gasteiger partial charge in [-0.05, 0) is 48.0 Å². The van der Waals surface area contributed by atoms with Gasteiger partial charge >= 0.3 is 0 Å². The van der Waals surface area contributed by atoms with E-state index in [9.17, 15) is 5.11 Å². The third-order valence-electron chi connectivity index (χ3n) is 4.21. The van der Waals surface area contributed by atoms with Gasteiger partial charge in [0.25, 0.3) is 0 Å². The maximum absolute atomic E-state index is 10.2. The number of methoxy groups -OCH3 is 1. The van der Waals surface area contributed by atoms with Gasteiger partial charge in [0.1, 0.15) is 24.2 Å². The molecule has 0 spiro atoms. The molecule has 4 nitrogen and oxygen atoms in total. The van der Waals surface area contributed by atoms with Gasteiger partial charge < -0.3 is 19.9 Å². The van der Waals surface area contributed by atoms with Crippen LogP contribution in [0.2, 0.25) is 5.02 Å². The highest BCUT2D eigenvalue weighted by Gasteiger charge is 2.09. The molecule has 0 fully saturated rings. The Labute approximate surface area is 180 Å². The molecule has 0 saturated carbocycles. The lowest BCUT2D eigenvalue weighted by Crippen LogP contribution is -2.31. The van der Waals surface area contributed by atoms with Crippen LogP contribution in [0.1, 0.15) is 5.56 Å². The Morgan fingerprint density at radius 1 is 0.966 bits per heavy atom. The number of benzene rings is 3. The number of hydrogen-bond donors (Lipinski definition) is 2. The molecule has 3 aromatic carbocycles. The number of halogens is 1. The van der Waals surface area contributed by atoms with E-state index < -0.39 is 6.10 Å². The molecule has 6 heteroatoms. The van der Waals surface area contributed by atoms with E-state index in [0.29, 0.717) is 23.9 Å². The predicted octanol–water partition coefficient (Wildman–Crippen LogP) is 5.03. The van der Waals surface area contributed by atoms with Gasteiger partial charge in [0.15, 0.2) is 0 Å². The van der Waals surface area contributed by atoms with Crippen LogP contribution in [0.3, 0.4) is 0 Å². The van der Waals surface area contributed by atoms with Crippen LogP contribution in [0, 0.1) is 0 Å². The maximum Gasteiger partial charge on any atom is 0.132 e. The summed E-state index contributed by atoms with van der Waals surface area (Å²) >= 11 is 7.53. The topological polar surface area (TPSA) is 50.7 Å². The molecule has 1 atom stereocenters. The van der Waals surface area contributed by atoms with Gasteiger partial charge in [0, 0.05) is 23.0 Å². The zero-order valence-electron chi connectivity index (χ0n) is 16.2. The summed E-state index contributed by atoms with van der Waals surface area (Å²) in [5, 5.41) is 14.1. The second kappa shape index (κ2) is 11.1. The normalized spacial score (nSPS) is 11.8. The average Bonchev–Trinajstić information content (AvgIpc) is 2.75. The van der Waals surface area contributed by atoms with Gasteiger partial charge in [-0.2, -0.15) is 0 Å². The lowest BCUT2D eigenvalue weighted by atomic mass is 10.2. The van der Waals surface area contributed by atoms with Crippen molar-refractivity contribution >= 4 is 23.4 Å². The summed E-state index contributed by atoms with van der Waals surface area (Å²) in [6.45, 7) is 1.30. The first kappa shape index (κ1) is 21.5. The van der Waals surface area contributed by atoms with Gasteiger partial charge in [-0.15, -0.1) is 0 Å². The third kappa shape index (κ3) is 6.68. The van der Waals surface area contributed by atoms with Crippen molar-refractivity contribution in [3.8, 4) is 11.5 Å². The van der Waals surface area contributed by atoms with Crippen LogP contribution < -0.4 is 14.8 Å². The molecule has 3 aromatic rings. The number of aliphatic hydroxyl groups excluding tert-OH is 1. The lowest BCUT2D eigenvalue weighted by molar-refractivity contribution is 0.106. The molecule has 0 aliphatic carbocycles. The van der Waals surface area contributed by atoms with Crippen LogP contribution in [-0.2, 0) is 6.54 Å². The van der Waals surface area contributed by atoms with Crippen molar-refractivity contribution in [2.24, 2.45) is 0 Å². The van der Waals surface area contributed by atoms with Crippen molar-refractivity contribution in [3.05, 3.63) is 83.4 Å². The Balaban J connectivity index is 1.51. The Kier molecular flexibility index (Phi) is 8.25. The first-order valence-electron chi connectivity index (χ1n) is 9.31. The molecular formula is C23H24ClNO3S. The van der Waals surface area contributed by atoms with Crippen LogP contribution in [0.4, 0.5) is 0 Å². The molecule has 0 amide bonds. The Bertz CT molecular complexity index is 905. The van der Waals surface area contributed by atoms with Gasteiger partial charge in [0.05, 0.1) is 12.0 Å². The van der Waals surface area contributed by atoms with Crippen LogP contribution in [0.15, 0.2) is 82.6 Å². The minimum Gasteiger partial charge on any atom is -0.496 e. The highest BCUT2D eigenvalue weighted by Crippen LogP contribution is 2.36. The van der Waals surface area contributed by atoms with E-state index >= 15 is 0 Å². The molecule has 3 rings (SSSR count). The van der Waals surface area contributed by atoms with E-state index in [-0.39, 0.29) is 6.61 Å². The van der Waals surface area contributed by atoms with Crippen LogP contribution >= 0.6 is 23.4 Å². The van der Waals surface area contributed by atoms with Crippen molar-refractivity contribution < 1.29 is 14.6 Å². The minimum atomic E-state index is -0.611. The smallest absolute Gasteiger partial charge is 0.132 e. The summed E-state index contributed by atoms with van der Waals surface area (Å²) in [6, 6.07) is 23.3. The fourth-order valence-electron chi connectivity index (χ4n) is 2.73. The van der Waals surface area contributed by atoms with Gasteiger partial charge in [-0.1, -0.05) is 53.7 Å². The van der Waals surface area contributed by atoms with Gasteiger partial charge in [0.2, 0.25) is 0 Å². The molecule has 0 heterocycles. The standard InChI is InChI=1S/C23H24ClNO3S/c1-27-21-7-3-5-9-23(21)29-22-8-4-2-6-17(22)14-25-15-19(26)16-28-20-12-10-18(24)11-13-20/h2-13,19,25-26H,14-16H2,1H3. The molecule has 152 valence electrons. The molecule has 0 saturated heterocycles. The summed E-state index contributed by atoms with van der Waals surface area (Å²) in [4.78, 5) is 2.22. The summed E-state index contributed by atoms with van der Waals surface area (Å²) in [7, 11) is 1.68. The van der Waals surface area contributed by atoms with Crippen molar-refractivity contribution in [1.29, 1.82) is 0 Å². The highest BCUT2D eigenvalue weighted by molar-refractivity contribution is 7.99. The molecule has 2 N–H and O–H groups in total. The largest absolute Gasteiger partial charge is 0.496 e. The quantitative estimate of drug-likeness (QED) is 0.473. The summed E-state index contributed by atoms with van der Waals surface area (Å²) in [5.41, 5.74) is 1.16. The number of ether oxygens (including phenoxy) is 2. The zero-order valence-corrected chi connectivity index (χ0v) is 17.7. The first-order valence-corrected chi connectivity index (χ1v) is 10.5. The van der Waals surface area contributed by atoms with E-state index in [1.165, 1.54) is 0 Å². The fourth-order valence-corrected chi connectivity index (χ4v) is 3.91. The molecule has 0 aliphatic heterocycles. The molecule has 0 aliphatic rings. The zero-order chi connectivity index (χ0) is 20.5. The maximum atomic E-state index is 10.2. The average molecular weight is 430 g/mol. The molecule has 0 radical (unpaired) electrons.